The van der Waals surface area contributed by atoms with Gasteiger partial charge >= 0.3 is 0 Å². The Balaban J connectivity index is 1.74. The molecule has 0 aliphatic carbocycles. The molecule has 112 valence electrons. The van der Waals surface area contributed by atoms with Gasteiger partial charge < -0.3 is 5.32 Å². The minimum atomic E-state index is -0.226. The van der Waals surface area contributed by atoms with Gasteiger partial charge in [0.1, 0.15) is 5.82 Å². The van der Waals surface area contributed by atoms with Gasteiger partial charge in [-0.25, -0.2) is 4.39 Å². The van der Waals surface area contributed by atoms with Crippen LogP contribution in [0.15, 0.2) is 24.3 Å². The van der Waals surface area contributed by atoms with E-state index in [0.29, 0.717) is 31.4 Å². The van der Waals surface area contributed by atoms with Gasteiger partial charge in [0, 0.05) is 18.7 Å². The summed E-state index contributed by atoms with van der Waals surface area (Å²) >= 11 is 0. The number of amides is 1. The van der Waals surface area contributed by atoms with Crippen LogP contribution in [-0.4, -0.2) is 22.6 Å². The van der Waals surface area contributed by atoms with Gasteiger partial charge in [0.15, 0.2) is 0 Å². The lowest BCUT2D eigenvalue weighted by Crippen LogP contribution is -2.26. The van der Waals surface area contributed by atoms with Crippen LogP contribution in [0.5, 0.6) is 0 Å². The predicted molar refractivity (Wildman–Crippen MR) is 79.5 cm³/mol. The van der Waals surface area contributed by atoms with Gasteiger partial charge in [0.05, 0.1) is 5.69 Å². The normalized spacial score (nSPS) is 10.6. The lowest BCUT2D eigenvalue weighted by atomic mass is 10.1. The molecule has 0 radical (unpaired) electrons. The number of aromatic amines is 1. The molecule has 2 N–H and O–H groups in total. The van der Waals surface area contributed by atoms with Crippen LogP contribution < -0.4 is 5.32 Å². The molecule has 2 aromatic rings. The van der Waals surface area contributed by atoms with Gasteiger partial charge in [-0.3, -0.25) is 9.89 Å². The van der Waals surface area contributed by atoms with Gasteiger partial charge in [-0.05, 0) is 43.9 Å². The summed E-state index contributed by atoms with van der Waals surface area (Å²) in [5.41, 5.74) is 3.66. The number of aromatic nitrogens is 2. The first-order valence-corrected chi connectivity index (χ1v) is 7.08. The molecule has 1 heterocycles. The maximum atomic E-state index is 13.4. The molecule has 0 aliphatic rings. The summed E-state index contributed by atoms with van der Waals surface area (Å²) in [4.78, 5) is 11.8. The number of nitrogens with zero attached hydrogens (tertiary/aromatic N) is 1. The number of carbonyl (C=O) groups excluding carboxylic acids is 1. The first-order valence-electron chi connectivity index (χ1n) is 7.08. The van der Waals surface area contributed by atoms with Crippen molar-refractivity contribution in [2.45, 2.75) is 33.1 Å². The van der Waals surface area contributed by atoms with Crippen LogP contribution >= 0.6 is 0 Å². The monoisotopic (exact) mass is 289 g/mol. The Morgan fingerprint density at radius 1 is 1.29 bits per heavy atom. The summed E-state index contributed by atoms with van der Waals surface area (Å²) in [6.45, 7) is 4.32. The Labute approximate surface area is 123 Å². The van der Waals surface area contributed by atoms with E-state index in [4.69, 9.17) is 0 Å². The summed E-state index contributed by atoms with van der Waals surface area (Å²) in [5, 5.41) is 9.84. The highest BCUT2D eigenvalue weighted by Crippen LogP contribution is 2.11. The highest BCUT2D eigenvalue weighted by Gasteiger charge is 2.09. The number of H-pyrrole nitrogens is 1. The summed E-state index contributed by atoms with van der Waals surface area (Å²) in [6.07, 6.45) is 1.58. The molecular formula is C16H20FN3O. The quantitative estimate of drug-likeness (QED) is 0.858. The third-order valence-corrected chi connectivity index (χ3v) is 3.56. The van der Waals surface area contributed by atoms with Crippen LogP contribution in [0.4, 0.5) is 4.39 Å². The topological polar surface area (TPSA) is 57.8 Å². The Morgan fingerprint density at radius 2 is 2.05 bits per heavy atom. The third-order valence-electron chi connectivity index (χ3n) is 3.56. The van der Waals surface area contributed by atoms with Crippen LogP contribution in [0.3, 0.4) is 0 Å². The van der Waals surface area contributed by atoms with Crippen molar-refractivity contribution in [2.75, 3.05) is 6.54 Å². The molecule has 0 saturated heterocycles. The zero-order valence-corrected chi connectivity index (χ0v) is 12.4. The van der Waals surface area contributed by atoms with E-state index in [0.717, 1.165) is 17.0 Å². The van der Waals surface area contributed by atoms with E-state index >= 15 is 0 Å². The molecule has 1 aromatic carbocycles. The van der Waals surface area contributed by atoms with Crippen LogP contribution in [0.1, 0.15) is 28.9 Å². The van der Waals surface area contributed by atoms with E-state index in [1.165, 1.54) is 6.07 Å². The van der Waals surface area contributed by atoms with E-state index < -0.39 is 0 Å². The number of hydrogen-bond donors (Lipinski definition) is 2. The van der Waals surface area contributed by atoms with Crippen molar-refractivity contribution in [3.8, 4) is 0 Å². The fraction of sp³-hybridized carbons (Fsp3) is 0.375. The van der Waals surface area contributed by atoms with Crippen LogP contribution in [0.2, 0.25) is 0 Å². The van der Waals surface area contributed by atoms with Crippen LogP contribution in [-0.2, 0) is 17.6 Å². The van der Waals surface area contributed by atoms with E-state index in [1.807, 2.05) is 13.8 Å². The van der Waals surface area contributed by atoms with Gasteiger partial charge in [-0.15, -0.1) is 0 Å². The number of rotatable bonds is 6. The lowest BCUT2D eigenvalue weighted by molar-refractivity contribution is -0.121. The minimum absolute atomic E-state index is 0.0219. The molecule has 0 saturated carbocycles. The second kappa shape index (κ2) is 7.02. The minimum Gasteiger partial charge on any atom is -0.356 e. The van der Waals surface area contributed by atoms with Crippen molar-refractivity contribution < 1.29 is 9.18 Å². The summed E-state index contributed by atoms with van der Waals surface area (Å²) in [5.74, 6) is -0.247. The molecule has 0 fully saturated rings. The number of halogens is 1. The smallest absolute Gasteiger partial charge is 0.220 e. The second-order valence-electron chi connectivity index (χ2n) is 5.10. The highest BCUT2D eigenvalue weighted by molar-refractivity contribution is 5.76. The molecule has 1 aromatic heterocycles. The number of benzene rings is 1. The Hall–Kier alpha value is -2.17. The van der Waals surface area contributed by atoms with Crippen molar-refractivity contribution in [1.29, 1.82) is 0 Å². The number of aryl methyl sites for hydroxylation is 2. The van der Waals surface area contributed by atoms with E-state index in [1.54, 1.807) is 18.2 Å². The summed E-state index contributed by atoms with van der Waals surface area (Å²) in [6, 6.07) is 6.62. The summed E-state index contributed by atoms with van der Waals surface area (Å²) < 4.78 is 13.4. The SMILES string of the molecule is Cc1n[nH]c(C)c1CCC(=O)NCCc1ccccc1F. The highest BCUT2D eigenvalue weighted by atomic mass is 19.1. The predicted octanol–water partition coefficient (Wildman–Crippen LogP) is 2.46. The van der Waals surface area contributed by atoms with Crippen LogP contribution in [0, 0.1) is 19.7 Å². The molecule has 1 amide bonds. The molecule has 0 spiro atoms. The van der Waals surface area contributed by atoms with E-state index in [-0.39, 0.29) is 11.7 Å². The fourth-order valence-corrected chi connectivity index (χ4v) is 2.31. The molecule has 0 aliphatic heterocycles. The fourth-order valence-electron chi connectivity index (χ4n) is 2.31. The average Bonchev–Trinajstić information content (AvgIpc) is 2.78. The zero-order valence-electron chi connectivity index (χ0n) is 12.4. The lowest BCUT2D eigenvalue weighted by Gasteiger charge is -2.06. The standard InChI is InChI=1S/C16H20FN3O/c1-11-14(12(2)20-19-11)7-8-16(21)18-10-9-13-5-3-4-6-15(13)17/h3-6H,7-10H2,1-2H3,(H,18,21)(H,19,20). The maximum absolute atomic E-state index is 13.4. The van der Waals surface area contributed by atoms with Gasteiger partial charge in [-0.1, -0.05) is 18.2 Å². The molecule has 0 atom stereocenters. The van der Waals surface area contributed by atoms with Gasteiger partial charge in [-0.2, -0.15) is 5.10 Å². The largest absolute Gasteiger partial charge is 0.356 e. The van der Waals surface area contributed by atoms with Gasteiger partial charge in [0.25, 0.3) is 0 Å². The average molecular weight is 289 g/mol. The Bertz CT molecular complexity index is 602. The summed E-state index contributed by atoms with van der Waals surface area (Å²) in [7, 11) is 0. The van der Waals surface area contributed by atoms with Crippen LogP contribution in [0.25, 0.3) is 0 Å². The Morgan fingerprint density at radius 3 is 2.71 bits per heavy atom. The zero-order chi connectivity index (χ0) is 15.2. The number of carbonyl (C=O) groups is 1. The molecular weight excluding hydrogens is 269 g/mol. The van der Waals surface area contributed by atoms with Crippen molar-refractivity contribution in [3.63, 3.8) is 0 Å². The number of hydrogen-bond acceptors (Lipinski definition) is 2. The van der Waals surface area contributed by atoms with E-state index in [2.05, 4.69) is 15.5 Å². The molecule has 2 rings (SSSR count). The van der Waals surface area contributed by atoms with E-state index in [9.17, 15) is 9.18 Å². The molecule has 0 unspecified atom stereocenters. The maximum Gasteiger partial charge on any atom is 0.220 e. The first-order chi connectivity index (χ1) is 10.1. The van der Waals surface area contributed by atoms with Crippen molar-refractivity contribution >= 4 is 5.91 Å². The van der Waals surface area contributed by atoms with Crippen molar-refractivity contribution in [3.05, 3.63) is 52.6 Å². The Kier molecular flexibility index (Phi) is 5.09. The molecule has 21 heavy (non-hydrogen) atoms. The molecule has 4 nitrogen and oxygen atoms in total. The first kappa shape index (κ1) is 15.2. The van der Waals surface area contributed by atoms with Gasteiger partial charge in [0.2, 0.25) is 5.91 Å². The number of nitrogens with one attached hydrogen (secondary N) is 2. The molecule has 5 heteroatoms. The molecule has 0 bridgehead atoms. The second-order valence-corrected chi connectivity index (χ2v) is 5.10. The van der Waals surface area contributed by atoms with Crippen molar-refractivity contribution in [1.82, 2.24) is 15.5 Å². The third kappa shape index (κ3) is 4.15. The van der Waals surface area contributed by atoms with Crippen molar-refractivity contribution in [2.24, 2.45) is 0 Å².